The van der Waals surface area contributed by atoms with E-state index in [2.05, 4.69) is 36.5 Å². The van der Waals surface area contributed by atoms with Gasteiger partial charge >= 0.3 is 6.03 Å². The summed E-state index contributed by atoms with van der Waals surface area (Å²) in [5.74, 6) is 1.60. The number of anilines is 2. The van der Waals surface area contributed by atoms with Crippen LogP contribution in [0.5, 0.6) is 0 Å². The van der Waals surface area contributed by atoms with Gasteiger partial charge < -0.3 is 15.1 Å². The molecule has 1 atom stereocenters. The number of benzene rings is 1. The van der Waals surface area contributed by atoms with E-state index in [0.717, 1.165) is 67.0 Å². The Morgan fingerprint density at radius 1 is 0.968 bits per heavy atom. The summed E-state index contributed by atoms with van der Waals surface area (Å²) in [5.41, 5.74) is 0.869. The molecule has 2 aromatic heterocycles. The summed E-state index contributed by atoms with van der Waals surface area (Å²) < 4.78 is 0. The maximum atomic E-state index is 13.2. The summed E-state index contributed by atoms with van der Waals surface area (Å²) in [6.45, 7) is 2.82. The number of fused-ring (bicyclic) bond motifs is 1. The Hall–Kier alpha value is -2.67. The van der Waals surface area contributed by atoms with Crippen LogP contribution in [0.2, 0.25) is 0 Å². The van der Waals surface area contributed by atoms with Crippen LogP contribution < -0.4 is 10.2 Å². The fourth-order valence-corrected chi connectivity index (χ4v) is 5.85. The minimum Gasteiger partial charge on any atom is -0.356 e. The van der Waals surface area contributed by atoms with E-state index in [1.165, 1.54) is 12.8 Å². The molecular formula is C24H29N5OS. The van der Waals surface area contributed by atoms with Crippen LogP contribution in [0.15, 0.2) is 48.1 Å². The molecule has 1 unspecified atom stereocenters. The number of likely N-dealkylation sites (tertiary alicyclic amines) is 1. The SMILES string of the molecule is O=C(Nc1ccccc1)N1CCCCCC1C1CCN(c2ncnc3sccc23)CC1. The molecule has 6 nitrogen and oxygen atoms in total. The highest BCUT2D eigenvalue weighted by Crippen LogP contribution is 2.34. The van der Waals surface area contributed by atoms with Crippen molar-refractivity contribution in [2.45, 2.75) is 44.6 Å². The molecule has 0 saturated carbocycles. The van der Waals surface area contributed by atoms with Crippen LogP contribution in [0, 0.1) is 5.92 Å². The minimum atomic E-state index is 0.0521. The number of para-hydroxylation sites is 1. The zero-order valence-electron chi connectivity index (χ0n) is 17.7. The topological polar surface area (TPSA) is 61.4 Å². The molecule has 0 bridgehead atoms. The van der Waals surface area contributed by atoms with E-state index in [9.17, 15) is 4.79 Å². The third-order valence-corrected chi connectivity index (χ3v) is 7.53. The van der Waals surface area contributed by atoms with Gasteiger partial charge in [-0.1, -0.05) is 31.0 Å². The molecule has 0 spiro atoms. The second kappa shape index (κ2) is 9.22. The maximum Gasteiger partial charge on any atom is 0.322 e. The number of hydrogen-bond donors (Lipinski definition) is 1. The lowest BCUT2D eigenvalue weighted by molar-refractivity contribution is 0.146. The molecule has 4 heterocycles. The van der Waals surface area contributed by atoms with Crippen LogP contribution in [0.1, 0.15) is 38.5 Å². The highest BCUT2D eigenvalue weighted by atomic mass is 32.1. The van der Waals surface area contributed by atoms with Crippen molar-refractivity contribution in [2.75, 3.05) is 29.9 Å². The number of carbonyl (C=O) groups excluding carboxylic acids is 1. The molecule has 2 amide bonds. The van der Waals surface area contributed by atoms with E-state index >= 15 is 0 Å². The first-order chi connectivity index (χ1) is 15.3. The molecule has 5 rings (SSSR count). The Balaban J connectivity index is 1.28. The lowest BCUT2D eigenvalue weighted by atomic mass is 9.86. The van der Waals surface area contributed by atoms with Crippen molar-refractivity contribution < 1.29 is 4.79 Å². The van der Waals surface area contributed by atoms with E-state index in [-0.39, 0.29) is 6.03 Å². The van der Waals surface area contributed by atoms with Gasteiger partial charge in [0, 0.05) is 31.4 Å². The lowest BCUT2D eigenvalue weighted by Gasteiger charge is -2.41. The molecule has 2 fully saturated rings. The molecule has 162 valence electrons. The number of aromatic nitrogens is 2. The van der Waals surface area contributed by atoms with Crippen LogP contribution in [0.25, 0.3) is 10.2 Å². The van der Waals surface area contributed by atoms with Crippen molar-refractivity contribution in [3.8, 4) is 0 Å². The number of nitrogens with one attached hydrogen (secondary N) is 1. The third-order valence-electron chi connectivity index (χ3n) is 6.71. The smallest absolute Gasteiger partial charge is 0.322 e. The molecule has 7 heteroatoms. The first-order valence-electron chi connectivity index (χ1n) is 11.4. The summed E-state index contributed by atoms with van der Waals surface area (Å²) in [5, 5.41) is 6.37. The minimum absolute atomic E-state index is 0.0521. The number of rotatable bonds is 3. The molecule has 3 aromatic rings. The van der Waals surface area contributed by atoms with Gasteiger partial charge in [-0.25, -0.2) is 14.8 Å². The number of amides is 2. The predicted molar refractivity (Wildman–Crippen MR) is 127 cm³/mol. The molecule has 2 aliphatic heterocycles. The van der Waals surface area contributed by atoms with Gasteiger partial charge in [-0.15, -0.1) is 11.3 Å². The van der Waals surface area contributed by atoms with Crippen LogP contribution in [0.3, 0.4) is 0 Å². The van der Waals surface area contributed by atoms with Gasteiger partial charge in [-0.2, -0.15) is 0 Å². The molecule has 31 heavy (non-hydrogen) atoms. The first-order valence-corrected chi connectivity index (χ1v) is 12.2. The van der Waals surface area contributed by atoms with Crippen LogP contribution in [0.4, 0.5) is 16.3 Å². The zero-order valence-corrected chi connectivity index (χ0v) is 18.6. The maximum absolute atomic E-state index is 13.2. The monoisotopic (exact) mass is 435 g/mol. The van der Waals surface area contributed by atoms with Crippen LogP contribution in [-0.2, 0) is 0 Å². The standard InChI is InChI=1S/C24H29N5OS/c30-24(27-19-7-3-1-4-8-19)29-13-6-2-5-9-21(29)18-10-14-28(15-11-18)22-20-12-16-31-23(20)26-17-25-22/h1,3-4,7-8,12,16-18,21H,2,5-6,9-11,13-15H2,(H,27,30). The normalized spacial score (nSPS) is 20.6. The second-order valence-electron chi connectivity index (χ2n) is 8.57. The molecule has 2 saturated heterocycles. The summed E-state index contributed by atoms with van der Waals surface area (Å²) in [6.07, 6.45) is 8.48. The quantitative estimate of drug-likeness (QED) is 0.600. The summed E-state index contributed by atoms with van der Waals surface area (Å²) in [7, 11) is 0. The lowest BCUT2D eigenvalue weighted by Crippen LogP contribution is -2.49. The highest BCUT2D eigenvalue weighted by Gasteiger charge is 2.34. The summed E-state index contributed by atoms with van der Waals surface area (Å²) >= 11 is 1.67. The zero-order chi connectivity index (χ0) is 21.0. The number of nitrogens with zero attached hydrogens (tertiary/aromatic N) is 4. The third kappa shape index (κ3) is 4.37. The Morgan fingerprint density at radius 2 is 1.81 bits per heavy atom. The number of urea groups is 1. The van der Waals surface area contributed by atoms with Gasteiger partial charge in [-0.3, -0.25) is 0 Å². The van der Waals surface area contributed by atoms with Crippen molar-refractivity contribution in [3.63, 3.8) is 0 Å². The van der Waals surface area contributed by atoms with Crippen molar-refractivity contribution in [1.29, 1.82) is 0 Å². The number of hydrogen-bond acceptors (Lipinski definition) is 5. The second-order valence-corrected chi connectivity index (χ2v) is 9.46. The van der Waals surface area contributed by atoms with Crippen molar-refractivity contribution >= 4 is 39.1 Å². The fraction of sp³-hybridized carbons (Fsp3) is 0.458. The van der Waals surface area contributed by atoms with Gasteiger partial charge in [0.15, 0.2) is 0 Å². The Bertz CT molecular complexity index is 1010. The van der Waals surface area contributed by atoms with Crippen molar-refractivity contribution in [1.82, 2.24) is 14.9 Å². The van der Waals surface area contributed by atoms with Gasteiger partial charge in [0.2, 0.25) is 0 Å². The molecule has 2 aliphatic rings. The van der Waals surface area contributed by atoms with Gasteiger partial charge in [-0.05, 0) is 55.2 Å². The molecular weight excluding hydrogens is 406 g/mol. The number of piperidine rings is 1. The fourth-order valence-electron chi connectivity index (χ4n) is 5.12. The Kier molecular flexibility index (Phi) is 6.02. The predicted octanol–water partition coefficient (Wildman–Crippen LogP) is 5.38. The number of thiophene rings is 1. The molecule has 0 radical (unpaired) electrons. The average Bonchev–Trinajstić information content (AvgIpc) is 3.16. The molecule has 0 aliphatic carbocycles. The first kappa shape index (κ1) is 20.2. The summed E-state index contributed by atoms with van der Waals surface area (Å²) in [4.78, 5) is 27.7. The van der Waals surface area contributed by atoms with Crippen molar-refractivity contribution in [2.24, 2.45) is 5.92 Å². The van der Waals surface area contributed by atoms with E-state index < -0.39 is 0 Å². The van der Waals surface area contributed by atoms with E-state index in [0.29, 0.717) is 12.0 Å². The van der Waals surface area contributed by atoms with Crippen LogP contribution >= 0.6 is 11.3 Å². The Labute approximate surface area is 187 Å². The van der Waals surface area contributed by atoms with Gasteiger partial charge in [0.05, 0.1) is 5.39 Å². The van der Waals surface area contributed by atoms with Gasteiger partial charge in [0.25, 0.3) is 0 Å². The average molecular weight is 436 g/mol. The van der Waals surface area contributed by atoms with E-state index in [1.54, 1.807) is 17.7 Å². The highest BCUT2D eigenvalue weighted by molar-refractivity contribution is 7.16. The molecule has 1 N–H and O–H groups in total. The van der Waals surface area contributed by atoms with E-state index in [1.807, 2.05) is 30.3 Å². The number of carbonyl (C=O) groups is 1. The Morgan fingerprint density at radius 3 is 2.65 bits per heavy atom. The van der Waals surface area contributed by atoms with Crippen molar-refractivity contribution in [3.05, 3.63) is 48.1 Å². The summed E-state index contributed by atoms with van der Waals surface area (Å²) in [6, 6.07) is 12.3. The van der Waals surface area contributed by atoms with Gasteiger partial charge in [0.1, 0.15) is 17.0 Å². The van der Waals surface area contributed by atoms with E-state index in [4.69, 9.17) is 0 Å². The molecule has 1 aromatic carbocycles. The largest absolute Gasteiger partial charge is 0.356 e. The van der Waals surface area contributed by atoms with Crippen LogP contribution in [-0.4, -0.2) is 46.6 Å².